The molecule has 0 radical (unpaired) electrons. The third kappa shape index (κ3) is 4.33. The molecule has 1 heterocycles. The predicted octanol–water partition coefficient (Wildman–Crippen LogP) is 3.99. The van der Waals surface area contributed by atoms with Crippen molar-refractivity contribution in [2.75, 3.05) is 13.6 Å². The highest BCUT2D eigenvalue weighted by Crippen LogP contribution is 2.22. The van der Waals surface area contributed by atoms with Gasteiger partial charge in [0.25, 0.3) is 5.91 Å². The van der Waals surface area contributed by atoms with Gasteiger partial charge in [0.2, 0.25) is 5.91 Å². The molecule has 1 aromatic heterocycles. The van der Waals surface area contributed by atoms with Gasteiger partial charge in [-0.15, -0.1) is 11.3 Å². The quantitative estimate of drug-likeness (QED) is 0.695. The number of hydrogen-bond acceptors (Lipinski definition) is 4. The Morgan fingerprint density at radius 1 is 1.19 bits per heavy atom. The van der Waals surface area contributed by atoms with E-state index in [4.69, 9.17) is 23.2 Å². The minimum Gasteiger partial charge on any atom is -0.343 e. The summed E-state index contributed by atoms with van der Waals surface area (Å²) in [6.07, 6.45) is 0. The lowest BCUT2D eigenvalue weighted by Gasteiger charge is -2.16. The van der Waals surface area contributed by atoms with Crippen molar-refractivity contribution in [3.8, 4) is 0 Å². The van der Waals surface area contributed by atoms with Gasteiger partial charge in [0.15, 0.2) is 0 Å². The molecule has 0 atom stereocenters. The van der Waals surface area contributed by atoms with Crippen LogP contribution in [0.2, 0.25) is 10.0 Å². The van der Waals surface area contributed by atoms with Crippen molar-refractivity contribution in [1.29, 1.82) is 0 Å². The summed E-state index contributed by atoms with van der Waals surface area (Å²) in [5, 5.41) is 4.10. The lowest BCUT2D eigenvalue weighted by Crippen LogP contribution is -2.37. The number of likely N-dealkylation sites (N-methyl/N-ethyl adjacent to an activating group) is 1. The van der Waals surface area contributed by atoms with Crippen LogP contribution in [0.4, 0.5) is 0 Å². The molecular formula is C18H15Cl2N3O2S. The number of carbonyl (C=O) groups excluding carboxylic acids is 2. The zero-order valence-electron chi connectivity index (χ0n) is 13.8. The Morgan fingerprint density at radius 3 is 2.69 bits per heavy atom. The van der Waals surface area contributed by atoms with Crippen molar-refractivity contribution in [2.24, 2.45) is 0 Å². The smallest absolute Gasteiger partial charge is 0.253 e. The van der Waals surface area contributed by atoms with Gasteiger partial charge in [0.1, 0.15) is 5.01 Å². The van der Waals surface area contributed by atoms with E-state index in [1.165, 1.54) is 17.0 Å². The van der Waals surface area contributed by atoms with Gasteiger partial charge < -0.3 is 10.2 Å². The van der Waals surface area contributed by atoms with E-state index < -0.39 is 5.91 Å². The van der Waals surface area contributed by atoms with Crippen LogP contribution in [0.15, 0.2) is 42.5 Å². The SMILES string of the molecule is CN(Cc1nc2ccccc2s1)C(=O)CNC(=O)c1ccc(Cl)cc1Cl. The topological polar surface area (TPSA) is 62.3 Å². The van der Waals surface area contributed by atoms with Crippen molar-refractivity contribution in [3.05, 3.63) is 63.1 Å². The van der Waals surface area contributed by atoms with Gasteiger partial charge in [-0.3, -0.25) is 9.59 Å². The van der Waals surface area contributed by atoms with Gasteiger partial charge in [0.05, 0.1) is 33.9 Å². The van der Waals surface area contributed by atoms with E-state index >= 15 is 0 Å². The van der Waals surface area contributed by atoms with E-state index in [1.807, 2.05) is 24.3 Å². The lowest BCUT2D eigenvalue weighted by molar-refractivity contribution is -0.129. The summed E-state index contributed by atoms with van der Waals surface area (Å²) in [5.74, 6) is -0.643. The van der Waals surface area contributed by atoms with Gasteiger partial charge in [-0.05, 0) is 30.3 Å². The van der Waals surface area contributed by atoms with Crippen LogP contribution in [0, 0.1) is 0 Å². The third-order valence-electron chi connectivity index (χ3n) is 3.71. The predicted molar refractivity (Wildman–Crippen MR) is 105 cm³/mol. The molecule has 0 fully saturated rings. The van der Waals surface area contributed by atoms with Crippen LogP contribution in [0.3, 0.4) is 0 Å². The summed E-state index contributed by atoms with van der Waals surface area (Å²) >= 11 is 13.4. The van der Waals surface area contributed by atoms with Crippen LogP contribution < -0.4 is 5.32 Å². The van der Waals surface area contributed by atoms with Crippen molar-refractivity contribution in [3.63, 3.8) is 0 Å². The second-order valence-electron chi connectivity index (χ2n) is 5.63. The molecule has 2 amide bonds. The number of rotatable bonds is 5. The van der Waals surface area contributed by atoms with Crippen molar-refractivity contribution in [2.45, 2.75) is 6.54 Å². The minimum absolute atomic E-state index is 0.126. The second-order valence-corrected chi connectivity index (χ2v) is 7.59. The van der Waals surface area contributed by atoms with Crippen LogP contribution in [0.25, 0.3) is 10.2 Å². The number of benzene rings is 2. The summed E-state index contributed by atoms with van der Waals surface area (Å²) in [6, 6.07) is 12.4. The molecule has 0 aliphatic carbocycles. The number of fused-ring (bicyclic) bond motifs is 1. The fourth-order valence-corrected chi connectivity index (χ4v) is 3.85. The van der Waals surface area contributed by atoms with Gasteiger partial charge in [-0.2, -0.15) is 0 Å². The molecule has 2 aromatic carbocycles. The number of nitrogens with one attached hydrogen (secondary N) is 1. The van der Waals surface area contributed by atoms with Crippen LogP contribution >= 0.6 is 34.5 Å². The minimum atomic E-state index is -0.423. The van der Waals surface area contributed by atoms with Gasteiger partial charge in [-0.25, -0.2) is 4.98 Å². The Bertz CT molecular complexity index is 941. The summed E-state index contributed by atoms with van der Waals surface area (Å²) in [7, 11) is 1.68. The Kier molecular flexibility index (Phi) is 5.76. The Labute approximate surface area is 164 Å². The third-order valence-corrected chi connectivity index (χ3v) is 5.28. The summed E-state index contributed by atoms with van der Waals surface area (Å²) < 4.78 is 1.08. The average Bonchev–Trinajstić information content (AvgIpc) is 3.01. The van der Waals surface area contributed by atoms with Crippen LogP contribution in [-0.2, 0) is 11.3 Å². The molecule has 0 aliphatic rings. The Morgan fingerprint density at radius 2 is 1.96 bits per heavy atom. The highest BCUT2D eigenvalue weighted by Gasteiger charge is 2.15. The number of aromatic nitrogens is 1. The maximum Gasteiger partial charge on any atom is 0.253 e. The van der Waals surface area contributed by atoms with E-state index in [0.29, 0.717) is 11.6 Å². The molecule has 8 heteroatoms. The van der Waals surface area contributed by atoms with Crippen LogP contribution in [0.5, 0.6) is 0 Å². The zero-order valence-corrected chi connectivity index (χ0v) is 16.2. The molecule has 3 aromatic rings. The van der Waals surface area contributed by atoms with Crippen molar-refractivity contribution in [1.82, 2.24) is 15.2 Å². The largest absolute Gasteiger partial charge is 0.343 e. The van der Waals surface area contributed by atoms with Crippen LogP contribution in [-0.4, -0.2) is 35.3 Å². The number of hydrogen-bond donors (Lipinski definition) is 1. The number of carbonyl (C=O) groups is 2. The molecule has 0 unspecified atom stereocenters. The second kappa shape index (κ2) is 8.03. The molecule has 0 bridgehead atoms. The number of para-hydroxylation sites is 1. The normalized spacial score (nSPS) is 10.7. The summed E-state index contributed by atoms with van der Waals surface area (Å²) in [4.78, 5) is 30.5. The van der Waals surface area contributed by atoms with E-state index in [1.54, 1.807) is 24.5 Å². The lowest BCUT2D eigenvalue weighted by atomic mass is 10.2. The standard InChI is InChI=1S/C18H15Cl2N3O2S/c1-23(10-16-22-14-4-2-3-5-15(14)26-16)17(24)9-21-18(25)12-7-6-11(19)8-13(12)20/h2-8H,9-10H2,1H3,(H,21,25). The molecular weight excluding hydrogens is 393 g/mol. The molecule has 0 spiro atoms. The first-order valence-electron chi connectivity index (χ1n) is 7.75. The van der Waals surface area contributed by atoms with E-state index in [0.717, 1.165) is 15.2 Å². The number of amides is 2. The first-order chi connectivity index (χ1) is 12.4. The summed E-state index contributed by atoms with van der Waals surface area (Å²) in [5.41, 5.74) is 1.19. The van der Waals surface area contributed by atoms with Crippen molar-refractivity contribution < 1.29 is 9.59 Å². The maximum absolute atomic E-state index is 12.3. The number of thiazole rings is 1. The van der Waals surface area contributed by atoms with Gasteiger partial charge >= 0.3 is 0 Å². The molecule has 3 rings (SSSR count). The van der Waals surface area contributed by atoms with E-state index in [2.05, 4.69) is 10.3 Å². The maximum atomic E-state index is 12.3. The Balaban J connectivity index is 1.57. The fraction of sp³-hybridized carbons (Fsp3) is 0.167. The molecule has 5 nitrogen and oxygen atoms in total. The molecule has 0 aliphatic heterocycles. The van der Waals surface area contributed by atoms with Gasteiger partial charge in [0, 0.05) is 12.1 Å². The fourth-order valence-electron chi connectivity index (χ4n) is 2.34. The molecule has 134 valence electrons. The first-order valence-corrected chi connectivity index (χ1v) is 9.33. The van der Waals surface area contributed by atoms with E-state index in [9.17, 15) is 9.59 Å². The van der Waals surface area contributed by atoms with Crippen LogP contribution in [0.1, 0.15) is 15.4 Å². The Hall–Kier alpha value is -2.15. The molecule has 26 heavy (non-hydrogen) atoms. The van der Waals surface area contributed by atoms with Gasteiger partial charge in [-0.1, -0.05) is 35.3 Å². The number of halogens is 2. The van der Waals surface area contributed by atoms with Crippen molar-refractivity contribution >= 4 is 56.6 Å². The molecule has 0 saturated carbocycles. The highest BCUT2D eigenvalue weighted by molar-refractivity contribution is 7.18. The van der Waals surface area contributed by atoms with E-state index in [-0.39, 0.29) is 23.0 Å². The first kappa shape index (κ1) is 18.6. The number of nitrogens with zero attached hydrogens (tertiary/aromatic N) is 2. The summed E-state index contributed by atoms with van der Waals surface area (Å²) in [6.45, 7) is 0.259. The molecule has 0 saturated heterocycles. The average molecular weight is 408 g/mol. The molecule has 1 N–H and O–H groups in total. The zero-order chi connectivity index (χ0) is 18.7. The highest BCUT2D eigenvalue weighted by atomic mass is 35.5. The monoisotopic (exact) mass is 407 g/mol.